The highest BCUT2D eigenvalue weighted by atomic mass is 16.3. The van der Waals surface area contributed by atoms with Crippen molar-refractivity contribution in [1.29, 1.82) is 0 Å². The zero-order valence-corrected chi connectivity index (χ0v) is 13.0. The smallest absolute Gasteiger partial charge is 0.313 e. The Hall–Kier alpha value is -2.56. The van der Waals surface area contributed by atoms with E-state index in [-0.39, 0.29) is 0 Å². The first-order chi connectivity index (χ1) is 10.5. The first-order valence-electron chi connectivity index (χ1n) is 7.15. The van der Waals surface area contributed by atoms with Crippen molar-refractivity contribution in [2.45, 2.75) is 27.2 Å². The fourth-order valence-electron chi connectivity index (χ4n) is 2.38. The number of hydrogen-bond donors (Lipinski definition) is 2. The van der Waals surface area contributed by atoms with Crippen molar-refractivity contribution in [2.24, 2.45) is 0 Å². The van der Waals surface area contributed by atoms with Crippen LogP contribution in [0.2, 0.25) is 0 Å². The molecule has 0 saturated heterocycles. The van der Waals surface area contributed by atoms with Crippen LogP contribution in [-0.4, -0.2) is 18.4 Å². The Morgan fingerprint density at radius 2 is 1.77 bits per heavy atom. The standard InChI is InChI=1S/C17H20N2O3/c1-11-8-12(2)15(13(3)9-11)19-17(21)16(20)18-6-4-14-5-7-22-10-14/h5,7-10H,4,6H2,1-3H3,(H,18,20)(H,19,21). The number of furan rings is 1. The predicted octanol–water partition coefficient (Wildman–Crippen LogP) is 2.50. The van der Waals surface area contributed by atoms with Gasteiger partial charge in [-0.3, -0.25) is 9.59 Å². The SMILES string of the molecule is Cc1cc(C)c(NC(=O)C(=O)NCCc2ccoc2)c(C)c1. The molecule has 2 amide bonds. The van der Waals surface area contributed by atoms with Gasteiger partial charge < -0.3 is 15.1 Å². The summed E-state index contributed by atoms with van der Waals surface area (Å²) in [4.78, 5) is 23.8. The van der Waals surface area contributed by atoms with E-state index in [9.17, 15) is 9.59 Å². The number of hydrogen-bond acceptors (Lipinski definition) is 3. The summed E-state index contributed by atoms with van der Waals surface area (Å²) in [6.07, 6.45) is 3.82. The van der Waals surface area contributed by atoms with Crippen molar-refractivity contribution in [3.05, 3.63) is 53.0 Å². The molecule has 0 fully saturated rings. The zero-order valence-electron chi connectivity index (χ0n) is 13.0. The van der Waals surface area contributed by atoms with Crippen LogP contribution in [0, 0.1) is 20.8 Å². The molecular formula is C17H20N2O3. The summed E-state index contributed by atoms with van der Waals surface area (Å²) >= 11 is 0. The van der Waals surface area contributed by atoms with Crippen LogP contribution in [-0.2, 0) is 16.0 Å². The number of benzene rings is 1. The van der Waals surface area contributed by atoms with Gasteiger partial charge in [0, 0.05) is 12.2 Å². The topological polar surface area (TPSA) is 71.3 Å². The van der Waals surface area contributed by atoms with Gasteiger partial charge in [-0.15, -0.1) is 0 Å². The molecule has 22 heavy (non-hydrogen) atoms. The van der Waals surface area contributed by atoms with Gasteiger partial charge in [0.25, 0.3) is 0 Å². The van der Waals surface area contributed by atoms with Crippen molar-refractivity contribution in [3.63, 3.8) is 0 Å². The van der Waals surface area contributed by atoms with Gasteiger partial charge in [-0.05, 0) is 49.9 Å². The van der Waals surface area contributed by atoms with Crippen molar-refractivity contribution < 1.29 is 14.0 Å². The molecule has 2 aromatic rings. The number of rotatable bonds is 4. The van der Waals surface area contributed by atoms with Crippen LogP contribution >= 0.6 is 0 Å². The van der Waals surface area contributed by atoms with Gasteiger partial charge in [-0.2, -0.15) is 0 Å². The van der Waals surface area contributed by atoms with Gasteiger partial charge in [-0.25, -0.2) is 0 Å². The van der Waals surface area contributed by atoms with Crippen LogP contribution in [0.15, 0.2) is 35.1 Å². The molecule has 1 heterocycles. The number of anilines is 1. The minimum absolute atomic E-state index is 0.387. The van der Waals surface area contributed by atoms with Gasteiger partial charge in [0.05, 0.1) is 12.5 Å². The van der Waals surface area contributed by atoms with E-state index >= 15 is 0 Å². The summed E-state index contributed by atoms with van der Waals surface area (Å²) in [5.74, 6) is -1.29. The van der Waals surface area contributed by atoms with Gasteiger partial charge in [0.1, 0.15) is 0 Å². The minimum atomic E-state index is -0.651. The number of aryl methyl sites for hydroxylation is 3. The summed E-state index contributed by atoms with van der Waals surface area (Å²) in [6, 6.07) is 5.77. The second kappa shape index (κ2) is 6.93. The molecule has 0 aliphatic rings. The first-order valence-corrected chi connectivity index (χ1v) is 7.15. The lowest BCUT2D eigenvalue weighted by Gasteiger charge is -2.12. The molecule has 5 nitrogen and oxygen atoms in total. The normalized spacial score (nSPS) is 10.3. The molecule has 0 aliphatic carbocycles. The summed E-state index contributed by atoms with van der Waals surface area (Å²) < 4.78 is 4.94. The van der Waals surface area contributed by atoms with Crippen LogP contribution in [0.25, 0.3) is 0 Å². The monoisotopic (exact) mass is 300 g/mol. The van der Waals surface area contributed by atoms with Crippen molar-refractivity contribution in [2.75, 3.05) is 11.9 Å². The van der Waals surface area contributed by atoms with Crippen LogP contribution in [0.1, 0.15) is 22.3 Å². The Morgan fingerprint density at radius 1 is 1.09 bits per heavy atom. The molecule has 0 bridgehead atoms. The Bertz CT molecular complexity index is 652. The lowest BCUT2D eigenvalue weighted by Crippen LogP contribution is -2.36. The molecule has 0 atom stereocenters. The Kier molecular flexibility index (Phi) is 4.99. The molecule has 1 aromatic carbocycles. The van der Waals surface area contributed by atoms with E-state index in [4.69, 9.17) is 4.42 Å². The highest BCUT2D eigenvalue weighted by molar-refractivity contribution is 6.39. The van der Waals surface area contributed by atoms with Gasteiger partial charge in [0.15, 0.2) is 0 Å². The number of carbonyl (C=O) groups is 2. The van der Waals surface area contributed by atoms with Crippen molar-refractivity contribution in [3.8, 4) is 0 Å². The molecule has 0 radical (unpaired) electrons. The fourth-order valence-corrected chi connectivity index (χ4v) is 2.38. The molecule has 0 saturated carbocycles. The van der Waals surface area contributed by atoms with Gasteiger partial charge in [-0.1, -0.05) is 17.7 Å². The number of amides is 2. The Balaban J connectivity index is 1.90. The molecular weight excluding hydrogens is 280 g/mol. The van der Waals surface area contributed by atoms with E-state index in [1.54, 1.807) is 12.5 Å². The van der Waals surface area contributed by atoms with E-state index in [0.29, 0.717) is 18.7 Å². The first kappa shape index (κ1) is 15.8. The third-order valence-corrected chi connectivity index (χ3v) is 3.40. The molecule has 116 valence electrons. The third-order valence-electron chi connectivity index (χ3n) is 3.40. The second-order valence-corrected chi connectivity index (χ2v) is 5.37. The van der Waals surface area contributed by atoms with E-state index in [2.05, 4.69) is 10.6 Å². The Labute approximate surface area is 129 Å². The average molecular weight is 300 g/mol. The van der Waals surface area contributed by atoms with E-state index in [1.165, 1.54) is 0 Å². The molecule has 0 aliphatic heterocycles. The molecule has 5 heteroatoms. The second-order valence-electron chi connectivity index (χ2n) is 5.37. The molecule has 0 unspecified atom stereocenters. The summed E-state index contributed by atoms with van der Waals surface area (Å²) in [7, 11) is 0. The molecule has 2 N–H and O–H groups in total. The highest BCUT2D eigenvalue weighted by Crippen LogP contribution is 2.21. The van der Waals surface area contributed by atoms with Crippen LogP contribution < -0.4 is 10.6 Å². The van der Waals surface area contributed by atoms with Crippen molar-refractivity contribution in [1.82, 2.24) is 5.32 Å². The maximum atomic E-state index is 12.0. The van der Waals surface area contributed by atoms with Crippen LogP contribution in [0.5, 0.6) is 0 Å². The lowest BCUT2D eigenvalue weighted by atomic mass is 10.1. The van der Waals surface area contributed by atoms with Crippen LogP contribution in [0.4, 0.5) is 5.69 Å². The summed E-state index contributed by atoms with van der Waals surface area (Å²) in [5, 5.41) is 5.28. The molecule has 2 rings (SSSR count). The fraction of sp³-hybridized carbons (Fsp3) is 0.294. The van der Waals surface area contributed by atoms with E-state index in [0.717, 1.165) is 22.3 Å². The largest absolute Gasteiger partial charge is 0.472 e. The minimum Gasteiger partial charge on any atom is -0.472 e. The quantitative estimate of drug-likeness (QED) is 0.852. The van der Waals surface area contributed by atoms with Crippen molar-refractivity contribution >= 4 is 17.5 Å². The summed E-state index contributed by atoms with van der Waals surface area (Å²) in [5.41, 5.74) is 4.68. The highest BCUT2D eigenvalue weighted by Gasteiger charge is 2.15. The third kappa shape index (κ3) is 3.97. The van der Waals surface area contributed by atoms with Gasteiger partial charge in [0.2, 0.25) is 0 Å². The number of nitrogens with one attached hydrogen (secondary N) is 2. The van der Waals surface area contributed by atoms with E-state index < -0.39 is 11.8 Å². The maximum Gasteiger partial charge on any atom is 0.313 e. The zero-order chi connectivity index (χ0) is 16.1. The summed E-state index contributed by atoms with van der Waals surface area (Å²) in [6.45, 7) is 6.20. The molecule has 0 spiro atoms. The average Bonchev–Trinajstić information content (AvgIpc) is 2.95. The van der Waals surface area contributed by atoms with E-state index in [1.807, 2.05) is 39.0 Å². The van der Waals surface area contributed by atoms with Gasteiger partial charge >= 0.3 is 11.8 Å². The maximum absolute atomic E-state index is 12.0. The molecule has 1 aromatic heterocycles. The Morgan fingerprint density at radius 3 is 2.36 bits per heavy atom. The predicted molar refractivity (Wildman–Crippen MR) is 84.7 cm³/mol. The lowest BCUT2D eigenvalue weighted by molar-refractivity contribution is -0.136. The van der Waals surface area contributed by atoms with Crippen LogP contribution in [0.3, 0.4) is 0 Å². The number of carbonyl (C=O) groups excluding carboxylic acids is 2.